The Morgan fingerprint density at radius 2 is 2.14 bits per heavy atom. The number of nitrogens with two attached hydrogens (primary N) is 1. The van der Waals surface area contributed by atoms with Gasteiger partial charge in [0.25, 0.3) is 0 Å². The highest BCUT2D eigenvalue weighted by Gasteiger charge is 2.30. The van der Waals surface area contributed by atoms with E-state index in [9.17, 15) is 8.42 Å². The molecule has 1 saturated carbocycles. The van der Waals surface area contributed by atoms with Gasteiger partial charge in [-0.15, -0.1) is 0 Å². The van der Waals surface area contributed by atoms with Crippen LogP contribution in [0.15, 0.2) is 17.0 Å². The van der Waals surface area contributed by atoms with Crippen molar-refractivity contribution in [3.8, 4) is 5.75 Å². The lowest BCUT2D eigenvalue weighted by Gasteiger charge is -2.16. The minimum atomic E-state index is -3.67. The van der Waals surface area contributed by atoms with E-state index in [0.717, 1.165) is 0 Å². The van der Waals surface area contributed by atoms with E-state index in [2.05, 4.69) is 11.6 Å². The molecule has 0 aliphatic heterocycles. The second-order valence-electron chi connectivity index (χ2n) is 5.47. The van der Waals surface area contributed by atoms with Gasteiger partial charge in [0, 0.05) is 23.7 Å². The maximum absolute atomic E-state index is 12.5. The molecule has 7 heteroatoms. The van der Waals surface area contributed by atoms with E-state index in [0.29, 0.717) is 29.0 Å². The summed E-state index contributed by atoms with van der Waals surface area (Å²) in [6.45, 7) is 2.63. The molecule has 0 spiro atoms. The van der Waals surface area contributed by atoms with E-state index in [1.165, 1.54) is 26.0 Å². The molecular formula is C14H21ClN2O3S. The SMILES string of the molecule is COc1c(CN)cc(Cl)cc1S(=O)(=O)NCC(C)C1CC1. The van der Waals surface area contributed by atoms with Crippen molar-refractivity contribution in [2.24, 2.45) is 17.6 Å². The third kappa shape index (κ3) is 3.88. The van der Waals surface area contributed by atoms with Crippen molar-refractivity contribution in [1.29, 1.82) is 0 Å². The zero-order chi connectivity index (χ0) is 15.6. The minimum Gasteiger partial charge on any atom is -0.495 e. The molecule has 5 nitrogen and oxygen atoms in total. The van der Waals surface area contributed by atoms with Crippen LogP contribution in [0.25, 0.3) is 0 Å². The van der Waals surface area contributed by atoms with Crippen molar-refractivity contribution in [2.75, 3.05) is 13.7 Å². The molecular weight excluding hydrogens is 312 g/mol. The van der Waals surface area contributed by atoms with E-state index in [4.69, 9.17) is 22.1 Å². The second kappa shape index (κ2) is 6.52. The van der Waals surface area contributed by atoms with E-state index in [1.807, 2.05) is 0 Å². The summed E-state index contributed by atoms with van der Waals surface area (Å²) < 4.78 is 32.8. The predicted molar refractivity (Wildman–Crippen MR) is 83.0 cm³/mol. The molecule has 1 atom stereocenters. The highest BCUT2D eigenvalue weighted by atomic mass is 35.5. The highest BCUT2D eigenvalue weighted by molar-refractivity contribution is 7.89. The lowest BCUT2D eigenvalue weighted by atomic mass is 10.1. The predicted octanol–water partition coefficient (Wildman–Crippen LogP) is 2.13. The molecule has 0 saturated heterocycles. The number of nitrogens with one attached hydrogen (secondary N) is 1. The topological polar surface area (TPSA) is 81.4 Å². The molecule has 3 N–H and O–H groups in total. The summed E-state index contributed by atoms with van der Waals surface area (Å²) in [5, 5.41) is 0.326. The van der Waals surface area contributed by atoms with Gasteiger partial charge in [0.05, 0.1) is 7.11 Å². The summed E-state index contributed by atoms with van der Waals surface area (Å²) in [5.41, 5.74) is 6.19. The van der Waals surface area contributed by atoms with Crippen LogP contribution in [-0.2, 0) is 16.6 Å². The Bertz CT molecular complexity index is 615. The number of methoxy groups -OCH3 is 1. The van der Waals surface area contributed by atoms with Gasteiger partial charge in [0.1, 0.15) is 10.6 Å². The molecule has 0 bridgehead atoms. The first-order chi connectivity index (χ1) is 9.89. The number of ether oxygens (including phenoxy) is 1. The number of sulfonamides is 1. The fourth-order valence-electron chi connectivity index (χ4n) is 2.36. The van der Waals surface area contributed by atoms with Gasteiger partial charge in [-0.3, -0.25) is 0 Å². The zero-order valence-electron chi connectivity index (χ0n) is 12.2. The average molecular weight is 333 g/mol. The van der Waals surface area contributed by atoms with Crippen molar-refractivity contribution in [3.63, 3.8) is 0 Å². The third-order valence-electron chi connectivity index (χ3n) is 3.83. The maximum atomic E-state index is 12.5. The summed E-state index contributed by atoms with van der Waals surface area (Å²) in [6, 6.07) is 3.01. The molecule has 118 valence electrons. The van der Waals surface area contributed by atoms with Gasteiger partial charge < -0.3 is 10.5 Å². The molecule has 1 aliphatic carbocycles. The highest BCUT2D eigenvalue weighted by Crippen LogP contribution is 2.36. The molecule has 0 aromatic heterocycles. The van der Waals surface area contributed by atoms with E-state index >= 15 is 0 Å². The van der Waals surface area contributed by atoms with Crippen LogP contribution in [0.3, 0.4) is 0 Å². The Hall–Kier alpha value is -0.820. The first-order valence-corrected chi connectivity index (χ1v) is 8.81. The normalized spacial score (nSPS) is 16.8. The van der Waals surface area contributed by atoms with Crippen molar-refractivity contribution >= 4 is 21.6 Å². The molecule has 0 radical (unpaired) electrons. The van der Waals surface area contributed by atoms with Gasteiger partial charge in [-0.25, -0.2) is 13.1 Å². The maximum Gasteiger partial charge on any atom is 0.244 e. The summed E-state index contributed by atoms with van der Waals surface area (Å²) >= 11 is 5.98. The van der Waals surface area contributed by atoms with Crippen LogP contribution in [0.1, 0.15) is 25.3 Å². The Balaban J connectivity index is 2.27. The van der Waals surface area contributed by atoms with Crippen LogP contribution in [0.4, 0.5) is 0 Å². The van der Waals surface area contributed by atoms with Gasteiger partial charge in [0.2, 0.25) is 10.0 Å². The van der Waals surface area contributed by atoms with E-state index in [1.54, 1.807) is 6.07 Å². The van der Waals surface area contributed by atoms with Gasteiger partial charge in [0.15, 0.2) is 0 Å². The largest absolute Gasteiger partial charge is 0.495 e. The molecule has 0 heterocycles. The minimum absolute atomic E-state index is 0.0425. The number of hydrogen-bond acceptors (Lipinski definition) is 4. The molecule has 0 amide bonds. The molecule has 21 heavy (non-hydrogen) atoms. The fraction of sp³-hybridized carbons (Fsp3) is 0.571. The second-order valence-corrected chi connectivity index (χ2v) is 7.64. The number of benzene rings is 1. The van der Waals surface area contributed by atoms with Crippen molar-refractivity contribution in [2.45, 2.75) is 31.2 Å². The first-order valence-electron chi connectivity index (χ1n) is 6.95. The molecule has 1 aromatic rings. The Morgan fingerprint density at radius 3 is 2.67 bits per heavy atom. The molecule has 1 aliphatic rings. The molecule has 1 aromatic carbocycles. The van der Waals surface area contributed by atoms with Crippen molar-refractivity contribution in [3.05, 3.63) is 22.7 Å². The van der Waals surface area contributed by atoms with Crippen LogP contribution < -0.4 is 15.2 Å². The van der Waals surface area contributed by atoms with E-state index in [-0.39, 0.29) is 17.2 Å². The van der Waals surface area contributed by atoms with Gasteiger partial charge >= 0.3 is 0 Å². The quantitative estimate of drug-likeness (QED) is 0.801. The number of hydrogen-bond donors (Lipinski definition) is 2. The van der Waals surface area contributed by atoms with Crippen LogP contribution in [-0.4, -0.2) is 22.1 Å². The molecule has 1 unspecified atom stereocenters. The smallest absolute Gasteiger partial charge is 0.244 e. The Kier molecular flexibility index (Phi) is 5.14. The average Bonchev–Trinajstić information content (AvgIpc) is 3.28. The number of halogens is 1. The van der Waals surface area contributed by atoms with Crippen LogP contribution >= 0.6 is 11.6 Å². The summed E-state index contributed by atoms with van der Waals surface area (Å²) in [7, 11) is -2.25. The fourth-order valence-corrected chi connectivity index (χ4v) is 4.04. The molecule has 2 rings (SSSR count). The third-order valence-corrected chi connectivity index (χ3v) is 5.48. The lowest BCUT2D eigenvalue weighted by Crippen LogP contribution is -2.29. The zero-order valence-corrected chi connectivity index (χ0v) is 13.8. The summed E-state index contributed by atoms with van der Waals surface area (Å²) in [4.78, 5) is 0.0425. The van der Waals surface area contributed by atoms with Crippen LogP contribution in [0.5, 0.6) is 5.75 Å². The van der Waals surface area contributed by atoms with Gasteiger partial charge in [-0.05, 0) is 36.8 Å². The van der Waals surface area contributed by atoms with Crippen molar-refractivity contribution < 1.29 is 13.2 Å². The Labute approximate surface area is 130 Å². The van der Waals surface area contributed by atoms with Crippen LogP contribution in [0, 0.1) is 11.8 Å². The summed E-state index contributed by atoms with van der Waals surface area (Å²) in [5.74, 6) is 1.22. The number of rotatable bonds is 7. The standard InChI is InChI=1S/C14H21ClN2O3S/c1-9(10-3-4-10)8-17-21(18,19)13-6-12(15)5-11(7-16)14(13)20-2/h5-6,9-10,17H,3-4,7-8,16H2,1-2H3. The first kappa shape index (κ1) is 16.5. The van der Waals surface area contributed by atoms with Gasteiger partial charge in [-0.2, -0.15) is 0 Å². The van der Waals surface area contributed by atoms with Crippen LogP contribution in [0.2, 0.25) is 5.02 Å². The van der Waals surface area contributed by atoms with Gasteiger partial charge in [-0.1, -0.05) is 18.5 Å². The lowest BCUT2D eigenvalue weighted by molar-refractivity contribution is 0.397. The van der Waals surface area contributed by atoms with E-state index < -0.39 is 10.0 Å². The monoisotopic (exact) mass is 332 g/mol. The Morgan fingerprint density at radius 1 is 1.48 bits per heavy atom. The molecule has 1 fully saturated rings. The van der Waals surface area contributed by atoms with Crippen molar-refractivity contribution in [1.82, 2.24) is 4.72 Å². The summed E-state index contributed by atoms with van der Waals surface area (Å²) in [6.07, 6.45) is 2.36.